The molecule has 0 aliphatic heterocycles. The average Bonchev–Trinajstić information content (AvgIpc) is 3.41. The summed E-state index contributed by atoms with van der Waals surface area (Å²) in [6, 6.07) is 42.8. The first kappa shape index (κ1) is 29.1. The molecule has 0 amide bonds. The Bertz CT molecular complexity index is 1880. The van der Waals surface area contributed by atoms with Crippen LogP contribution < -0.4 is 0 Å². The van der Waals surface area contributed by atoms with Crippen LogP contribution in [-0.2, 0) is 25.5 Å². The molecular formula is C37H29IrN3O-2. The third-order valence-electron chi connectivity index (χ3n) is 7.26. The molecule has 4 nitrogen and oxygen atoms in total. The van der Waals surface area contributed by atoms with Gasteiger partial charge in [0.15, 0.2) is 0 Å². The monoisotopic (exact) mass is 724 g/mol. The van der Waals surface area contributed by atoms with Gasteiger partial charge in [-0.05, 0) is 48.1 Å². The molecule has 5 heteroatoms. The molecule has 3 aromatic carbocycles. The maximum Gasteiger partial charge on any atom is 0.216 e. The van der Waals surface area contributed by atoms with Gasteiger partial charge >= 0.3 is 0 Å². The largest absolute Gasteiger partial charge is 0.486 e. The van der Waals surface area contributed by atoms with Crippen LogP contribution >= 0.6 is 0 Å². The fraction of sp³-hybridized carbons (Fsp3) is 0.108. The van der Waals surface area contributed by atoms with Crippen LogP contribution in [0.5, 0.6) is 0 Å². The molecule has 1 radical (unpaired) electrons. The van der Waals surface area contributed by atoms with Crippen LogP contribution in [0.15, 0.2) is 126 Å². The molecule has 0 aliphatic carbocycles. The zero-order valence-electron chi connectivity index (χ0n) is 23.6. The van der Waals surface area contributed by atoms with E-state index >= 15 is 0 Å². The van der Waals surface area contributed by atoms with Crippen molar-refractivity contribution in [1.29, 1.82) is 0 Å². The Morgan fingerprint density at radius 2 is 1.48 bits per heavy atom. The fourth-order valence-corrected chi connectivity index (χ4v) is 4.91. The molecule has 42 heavy (non-hydrogen) atoms. The molecule has 4 aromatic heterocycles. The molecule has 0 N–H and O–H groups in total. The number of aromatic nitrogens is 3. The van der Waals surface area contributed by atoms with Crippen molar-refractivity contribution < 1.29 is 24.5 Å². The normalized spacial score (nSPS) is 11.0. The van der Waals surface area contributed by atoms with E-state index in [0.717, 1.165) is 50.1 Å². The van der Waals surface area contributed by atoms with Gasteiger partial charge in [0.1, 0.15) is 0 Å². The van der Waals surface area contributed by atoms with Crippen LogP contribution in [0.1, 0.15) is 30.7 Å². The van der Waals surface area contributed by atoms with Crippen LogP contribution in [-0.4, -0.2) is 15.0 Å². The molecule has 0 saturated heterocycles. The topological polar surface area (TPSA) is 51.8 Å². The minimum atomic E-state index is -0.221. The molecule has 0 atom stereocenters. The summed E-state index contributed by atoms with van der Waals surface area (Å²) >= 11 is 0. The molecule has 0 bridgehead atoms. The summed E-state index contributed by atoms with van der Waals surface area (Å²) in [5.41, 5.74) is 8.31. The standard InChI is InChI=1S/C26H21N2O.C11H8N.Ir/c1-17-14-15-27-22(16-17)21-11-7-10-19-20-12-13-23(28-25(20)29-24(19)21)26(2,3)18-8-5-4-6-9-18;1-2-6-10(7-3-1)11-8-4-5-9-12-11;/h4-10,12-16H,1-3H3;1-6,8-9H;/q2*-1;. The summed E-state index contributed by atoms with van der Waals surface area (Å²) in [7, 11) is 0. The van der Waals surface area contributed by atoms with Crippen LogP contribution in [0.3, 0.4) is 0 Å². The van der Waals surface area contributed by atoms with E-state index in [1.54, 1.807) is 6.20 Å². The van der Waals surface area contributed by atoms with Gasteiger partial charge in [0.25, 0.3) is 0 Å². The molecular weight excluding hydrogens is 695 g/mol. The minimum absolute atomic E-state index is 0. The van der Waals surface area contributed by atoms with E-state index in [4.69, 9.17) is 9.40 Å². The smallest absolute Gasteiger partial charge is 0.216 e. The van der Waals surface area contributed by atoms with Crippen molar-refractivity contribution in [3.8, 4) is 22.5 Å². The van der Waals surface area contributed by atoms with Crippen molar-refractivity contribution >= 4 is 22.1 Å². The number of fused-ring (bicyclic) bond motifs is 3. The third kappa shape index (κ3) is 5.94. The molecule has 0 fully saturated rings. The molecule has 4 heterocycles. The van der Waals surface area contributed by atoms with Crippen molar-refractivity contribution in [3.05, 3.63) is 151 Å². The summed E-state index contributed by atoms with van der Waals surface area (Å²) in [4.78, 5) is 13.6. The van der Waals surface area contributed by atoms with E-state index in [9.17, 15) is 0 Å². The quantitative estimate of drug-likeness (QED) is 0.170. The zero-order chi connectivity index (χ0) is 28.2. The van der Waals surface area contributed by atoms with E-state index in [0.29, 0.717) is 5.71 Å². The van der Waals surface area contributed by atoms with Gasteiger partial charge in [0.2, 0.25) is 5.71 Å². The van der Waals surface area contributed by atoms with E-state index < -0.39 is 0 Å². The Balaban J connectivity index is 0.000000228. The number of hydrogen-bond acceptors (Lipinski definition) is 4. The van der Waals surface area contributed by atoms with E-state index in [2.05, 4.69) is 85.3 Å². The maximum atomic E-state index is 6.27. The predicted octanol–water partition coefficient (Wildman–Crippen LogP) is 9.02. The van der Waals surface area contributed by atoms with Crippen LogP contribution in [0.25, 0.3) is 44.6 Å². The minimum Gasteiger partial charge on any atom is -0.486 e. The predicted molar refractivity (Wildman–Crippen MR) is 165 cm³/mol. The van der Waals surface area contributed by atoms with Gasteiger partial charge in [0, 0.05) is 43.3 Å². The summed E-state index contributed by atoms with van der Waals surface area (Å²) in [6.07, 6.45) is 3.61. The van der Waals surface area contributed by atoms with Crippen molar-refractivity contribution in [1.82, 2.24) is 15.0 Å². The molecule has 209 valence electrons. The van der Waals surface area contributed by atoms with E-state index in [1.165, 1.54) is 5.56 Å². The number of rotatable bonds is 4. The number of furan rings is 1. The van der Waals surface area contributed by atoms with Gasteiger partial charge in [-0.1, -0.05) is 78.9 Å². The summed E-state index contributed by atoms with van der Waals surface area (Å²) in [6.45, 7) is 6.44. The van der Waals surface area contributed by atoms with Crippen molar-refractivity contribution in [3.63, 3.8) is 0 Å². The molecule has 0 spiro atoms. The molecule has 0 saturated carbocycles. The Labute approximate surface area is 259 Å². The van der Waals surface area contributed by atoms with Gasteiger partial charge in [-0.15, -0.1) is 54.1 Å². The molecule has 0 aliphatic rings. The maximum absolute atomic E-state index is 6.27. The Morgan fingerprint density at radius 1 is 0.690 bits per heavy atom. The molecule has 7 aromatic rings. The van der Waals surface area contributed by atoms with E-state index in [-0.39, 0.29) is 25.5 Å². The summed E-state index contributed by atoms with van der Waals surface area (Å²) in [5.74, 6) is 0. The first-order valence-electron chi connectivity index (χ1n) is 13.6. The number of nitrogens with zero attached hydrogens (tertiary/aromatic N) is 3. The van der Waals surface area contributed by atoms with Gasteiger partial charge in [0.05, 0.1) is 11.3 Å². The number of hydrogen-bond donors (Lipinski definition) is 0. The third-order valence-corrected chi connectivity index (χ3v) is 7.26. The Morgan fingerprint density at radius 3 is 2.21 bits per heavy atom. The Hall–Kier alpha value is -4.44. The summed E-state index contributed by atoms with van der Waals surface area (Å²) in [5, 5.41) is 2.05. The average molecular weight is 724 g/mol. The van der Waals surface area contributed by atoms with Crippen molar-refractivity contribution in [2.75, 3.05) is 0 Å². The number of benzene rings is 3. The number of aryl methyl sites for hydroxylation is 1. The van der Waals surface area contributed by atoms with Gasteiger partial charge < -0.3 is 14.4 Å². The number of pyridine rings is 3. The van der Waals surface area contributed by atoms with Crippen LogP contribution in [0.4, 0.5) is 0 Å². The van der Waals surface area contributed by atoms with Crippen molar-refractivity contribution in [2.45, 2.75) is 26.2 Å². The zero-order valence-corrected chi connectivity index (χ0v) is 26.0. The van der Waals surface area contributed by atoms with Gasteiger partial charge in [-0.3, -0.25) is 0 Å². The fourth-order valence-electron chi connectivity index (χ4n) is 4.91. The first-order valence-corrected chi connectivity index (χ1v) is 13.6. The SMILES string of the molecule is Cc1ccnc(-c2[c-]ccc3c2oc2nc(C(C)(C)c4ccccc4)ccc23)c1.[Ir].[c-]1ccccc1-c1ccccn1. The van der Waals surface area contributed by atoms with Gasteiger partial charge in [-0.25, -0.2) is 4.98 Å². The van der Waals surface area contributed by atoms with Gasteiger partial charge in [-0.2, -0.15) is 0 Å². The molecule has 0 unspecified atom stereocenters. The second kappa shape index (κ2) is 12.6. The van der Waals surface area contributed by atoms with E-state index in [1.807, 2.05) is 72.9 Å². The second-order valence-electron chi connectivity index (χ2n) is 10.4. The second-order valence-corrected chi connectivity index (χ2v) is 10.4. The van der Waals surface area contributed by atoms with Crippen LogP contribution in [0, 0.1) is 19.1 Å². The molecule has 7 rings (SSSR count). The van der Waals surface area contributed by atoms with Crippen LogP contribution in [0.2, 0.25) is 0 Å². The van der Waals surface area contributed by atoms with Crippen molar-refractivity contribution in [2.24, 2.45) is 0 Å². The first-order chi connectivity index (χ1) is 20.0. The summed E-state index contributed by atoms with van der Waals surface area (Å²) < 4.78 is 6.27. The Kier molecular flexibility index (Phi) is 8.72.